The van der Waals surface area contributed by atoms with Gasteiger partial charge in [-0.05, 0) is 139 Å². The van der Waals surface area contributed by atoms with Crippen molar-refractivity contribution in [2.75, 3.05) is 41.7 Å². The smallest absolute Gasteiger partial charge is 0.419 e. The van der Waals surface area contributed by atoms with E-state index in [1.54, 1.807) is 59.0 Å². The van der Waals surface area contributed by atoms with Gasteiger partial charge in [0.05, 0.1) is 70.6 Å². The van der Waals surface area contributed by atoms with Crippen LogP contribution in [-0.2, 0) is 41.9 Å². The molecule has 0 aliphatic carbocycles. The molecular formula is C62H80N8O10Si2. The zero-order valence-corrected chi connectivity index (χ0v) is 53.0. The molecule has 0 aliphatic rings. The summed E-state index contributed by atoms with van der Waals surface area (Å²) in [5, 5.41) is 20.6. The predicted octanol–water partition coefficient (Wildman–Crippen LogP) is 14.0. The second kappa shape index (κ2) is 25.0. The molecule has 0 bridgehead atoms. The molecule has 4 heterocycles. The molecule has 436 valence electrons. The molecule has 8 aromatic rings. The molecule has 4 aromatic carbocycles. The van der Waals surface area contributed by atoms with Gasteiger partial charge in [-0.25, -0.2) is 19.6 Å². The van der Waals surface area contributed by atoms with Crippen LogP contribution in [0.1, 0.15) is 98.8 Å². The largest absolute Gasteiger partial charge is 0.496 e. The first-order valence-corrected chi connectivity index (χ1v) is 34.8. The van der Waals surface area contributed by atoms with Crippen molar-refractivity contribution in [1.82, 2.24) is 28.2 Å². The lowest BCUT2D eigenvalue weighted by Crippen LogP contribution is -2.27. The van der Waals surface area contributed by atoms with Gasteiger partial charge in [-0.1, -0.05) is 39.3 Å². The number of nitriles is 2. The molecule has 2 unspecified atom stereocenters. The summed E-state index contributed by atoms with van der Waals surface area (Å²) in [6.45, 7) is 30.6. The van der Waals surface area contributed by atoms with E-state index in [2.05, 4.69) is 51.4 Å². The van der Waals surface area contributed by atoms with E-state index in [0.29, 0.717) is 64.0 Å². The van der Waals surface area contributed by atoms with Crippen LogP contribution in [0.2, 0.25) is 51.4 Å². The average Bonchev–Trinajstić information content (AvgIpc) is 3.21. The van der Waals surface area contributed by atoms with Crippen molar-refractivity contribution in [3.8, 4) is 23.6 Å². The molecule has 8 rings (SSSR count). The molecule has 0 radical (unpaired) electrons. The van der Waals surface area contributed by atoms with Gasteiger partial charge in [-0.2, -0.15) is 10.5 Å². The van der Waals surface area contributed by atoms with Gasteiger partial charge in [0.2, 0.25) is 0 Å². The number of hydrogen-bond acceptors (Lipinski definition) is 14. The molecular weight excluding hydrogens is 1070 g/mol. The maximum Gasteiger partial charge on any atom is 0.419 e. The Kier molecular flexibility index (Phi) is 19.0. The quantitative estimate of drug-likeness (QED) is 0.0580. The molecule has 0 aliphatic heterocycles. The summed E-state index contributed by atoms with van der Waals surface area (Å²) in [6, 6.07) is 24.9. The van der Waals surface area contributed by atoms with Gasteiger partial charge in [0, 0.05) is 77.9 Å². The minimum Gasteiger partial charge on any atom is -0.496 e. The zero-order chi connectivity index (χ0) is 60.2. The summed E-state index contributed by atoms with van der Waals surface area (Å²) in [4.78, 5) is 36.2. The lowest BCUT2D eigenvalue weighted by Gasteiger charge is -2.23. The van der Waals surface area contributed by atoms with E-state index in [-0.39, 0.29) is 13.5 Å². The van der Waals surface area contributed by atoms with Gasteiger partial charge in [0.25, 0.3) is 0 Å². The van der Waals surface area contributed by atoms with Crippen LogP contribution in [0, 0.1) is 36.5 Å². The number of aromatic nitrogens is 6. The van der Waals surface area contributed by atoms with Crippen molar-refractivity contribution in [2.45, 2.75) is 144 Å². The Hall–Kier alpha value is -7.31. The van der Waals surface area contributed by atoms with E-state index in [0.717, 1.165) is 61.7 Å². The van der Waals surface area contributed by atoms with Crippen LogP contribution in [0.4, 0.5) is 9.59 Å². The fraction of sp³-hybridized carbons (Fsp3) is 0.452. The lowest BCUT2D eigenvalue weighted by molar-refractivity contribution is 0.0533. The van der Waals surface area contributed by atoms with Crippen LogP contribution in [0.5, 0.6) is 11.5 Å². The minimum atomic E-state index is -1.29. The van der Waals surface area contributed by atoms with Crippen molar-refractivity contribution >= 4 is 72.2 Å². The number of fused-ring (bicyclic) bond motifs is 4. The van der Waals surface area contributed by atoms with Crippen molar-refractivity contribution < 1.29 is 47.5 Å². The van der Waals surface area contributed by atoms with E-state index in [1.807, 2.05) is 107 Å². The Labute approximate surface area is 483 Å². The Balaban J connectivity index is 0.000000236. The SMILES string of the molecule is COc1cc(C)c2c(ccn2C(=O)OC(C)(C)C)c1C(OC)c1nc2cc(C#N)ccc2n1COCC[Si](C)(C)C.COc1cc(C)c2c(ccn2C(=O)OC(C)(C)C)c1C(OC)c1nc2ccc(C#N)cc2n1COCC[Si](C)(C)C. The molecule has 20 heteroatoms. The number of imidazole rings is 2. The monoisotopic (exact) mass is 1150 g/mol. The van der Waals surface area contributed by atoms with Gasteiger partial charge in [0.1, 0.15) is 60.0 Å². The Bertz CT molecular complexity index is 3590. The normalized spacial score (nSPS) is 13.0. The van der Waals surface area contributed by atoms with E-state index in [1.165, 1.54) is 9.13 Å². The number of methoxy groups -OCH3 is 4. The summed E-state index contributed by atoms with van der Waals surface area (Å²) in [5.41, 5.74) is 7.37. The number of aryl methyl sites for hydroxylation is 2. The summed E-state index contributed by atoms with van der Waals surface area (Å²) in [7, 11) is 3.91. The van der Waals surface area contributed by atoms with Crippen LogP contribution in [0.15, 0.2) is 73.1 Å². The number of rotatable bonds is 18. The van der Waals surface area contributed by atoms with Gasteiger partial charge >= 0.3 is 12.2 Å². The molecule has 2 atom stereocenters. The van der Waals surface area contributed by atoms with Gasteiger partial charge in [0.15, 0.2) is 0 Å². The number of carbonyl (C=O) groups is 2. The van der Waals surface area contributed by atoms with E-state index in [4.69, 9.17) is 47.9 Å². The third-order valence-electron chi connectivity index (χ3n) is 13.7. The van der Waals surface area contributed by atoms with E-state index < -0.39 is 51.7 Å². The average molecular weight is 1150 g/mol. The first-order valence-electron chi connectivity index (χ1n) is 27.4. The number of ether oxygens (including phenoxy) is 8. The highest BCUT2D eigenvalue weighted by molar-refractivity contribution is 6.76. The predicted molar refractivity (Wildman–Crippen MR) is 325 cm³/mol. The first-order chi connectivity index (χ1) is 38.5. The van der Waals surface area contributed by atoms with Crippen LogP contribution < -0.4 is 9.47 Å². The number of benzene rings is 4. The third-order valence-corrected chi connectivity index (χ3v) is 17.1. The molecule has 0 amide bonds. The van der Waals surface area contributed by atoms with Gasteiger partial charge in [-0.3, -0.25) is 9.13 Å². The first kappa shape index (κ1) is 62.3. The summed E-state index contributed by atoms with van der Waals surface area (Å²) >= 11 is 0. The lowest BCUT2D eigenvalue weighted by atomic mass is 9.99. The Morgan fingerprint density at radius 1 is 0.573 bits per heavy atom. The highest BCUT2D eigenvalue weighted by Gasteiger charge is 2.33. The van der Waals surface area contributed by atoms with E-state index in [9.17, 15) is 20.1 Å². The molecule has 18 nitrogen and oxygen atoms in total. The highest BCUT2D eigenvalue weighted by Crippen LogP contribution is 2.43. The van der Waals surface area contributed by atoms with Gasteiger partial charge < -0.3 is 47.0 Å². The van der Waals surface area contributed by atoms with Crippen molar-refractivity contribution in [3.63, 3.8) is 0 Å². The topological polar surface area (TPSA) is 201 Å². The van der Waals surface area contributed by atoms with Crippen LogP contribution in [0.25, 0.3) is 43.9 Å². The highest BCUT2D eigenvalue weighted by atomic mass is 28.3. The van der Waals surface area contributed by atoms with Crippen molar-refractivity contribution in [1.29, 1.82) is 10.5 Å². The molecule has 0 spiro atoms. The Morgan fingerprint density at radius 2 is 0.988 bits per heavy atom. The maximum atomic E-state index is 13.1. The molecule has 4 aromatic heterocycles. The summed E-state index contributed by atoms with van der Waals surface area (Å²) in [6.07, 6.45) is 1.16. The second-order valence-electron chi connectivity index (χ2n) is 24.8. The number of hydrogen-bond donors (Lipinski definition) is 0. The molecule has 0 fully saturated rings. The van der Waals surface area contributed by atoms with Crippen LogP contribution >= 0.6 is 0 Å². The Morgan fingerprint density at radius 3 is 1.39 bits per heavy atom. The van der Waals surface area contributed by atoms with Crippen molar-refractivity contribution in [2.24, 2.45) is 0 Å². The van der Waals surface area contributed by atoms with Gasteiger partial charge in [-0.15, -0.1) is 0 Å². The zero-order valence-electron chi connectivity index (χ0n) is 51.0. The fourth-order valence-corrected chi connectivity index (χ4v) is 11.2. The second-order valence-corrected chi connectivity index (χ2v) is 36.1. The molecule has 0 saturated carbocycles. The maximum absolute atomic E-state index is 13.1. The van der Waals surface area contributed by atoms with Crippen LogP contribution in [0.3, 0.4) is 0 Å². The fourth-order valence-electron chi connectivity index (χ4n) is 9.73. The number of nitrogens with zero attached hydrogens (tertiary/aromatic N) is 8. The summed E-state index contributed by atoms with van der Waals surface area (Å²) < 4.78 is 54.7. The van der Waals surface area contributed by atoms with Crippen LogP contribution in [-0.4, -0.2) is 109 Å². The molecule has 0 N–H and O–H groups in total. The minimum absolute atomic E-state index is 0.251. The van der Waals surface area contributed by atoms with E-state index >= 15 is 0 Å². The standard InChI is InChI=1S/2C31H40N4O5Si/c1-20-16-25(37-5)26(22-12-13-34(27(20)22)30(36)40-31(2,3)4)28(38-6)29-33-23-17-21(18-32)10-11-24(23)35(29)19-39-14-15-41(7,8)9;1-20-16-25(37-5)26(22-12-13-34(27(20)22)30(36)40-31(2,3)4)28(38-6)29-33-23-11-10-21(18-32)17-24(23)35(29)19-39-14-15-41(7,8)9/h2*10-13,16-17,28H,14-15,19H2,1-9H3. The number of carbonyl (C=O) groups excluding carboxylic acids is 2. The molecule has 0 saturated heterocycles. The third kappa shape index (κ3) is 14.1. The summed E-state index contributed by atoms with van der Waals surface area (Å²) in [5.74, 6) is 2.44. The molecule has 82 heavy (non-hydrogen) atoms. The van der Waals surface area contributed by atoms with Crippen molar-refractivity contribution in [3.05, 3.63) is 118 Å².